The second-order valence-electron chi connectivity index (χ2n) is 4.30. The Bertz CT molecular complexity index is 771. The molecule has 0 spiro atoms. The van der Waals surface area contributed by atoms with Crippen molar-refractivity contribution in [3.63, 3.8) is 0 Å². The summed E-state index contributed by atoms with van der Waals surface area (Å²) in [4.78, 5) is 4.49. The molecule has 0 amide bonds. The molecule has 0 unspecified atom stereocenters. The van der Waals surface area contributed by atoms with Crippen molar-refractivity contribution in [2.45, 2.75) is 0 Å². The van der Waals surface area contributed by atoms with Gasteiger partial charge in [0.25, 0.3) is 0 Å². The van der Waals surface area contributed by atoms with Crippen molar-refractivity contribution < 1.29 is 4.74 Å². The largest absolute Gasteiger partial charge is 0.497 e. The molecule has 3 aromatic rings. The summed E-state index contributed by atoms with van der Waals surface area (Å²) in [6.07, 6.45) is 0. The van der Waals surface area contributed by atoms with E-state index >= 15 is 0 Å². The van der Waals surface area contributed by atoms with Crippen molar-refractivity contribution in [3.05, 3.63) is 48.5 Å². The fourth-order valence-electron chi connectivity index (χ4n) is 1.87. The van der Waals surface area contributed by atoms with E-state index in [1.54, 1.807) is 7.11 Å². The number of methoxy groups -OCH3 is 1. The first kappa shape index (κ1) is 13.8. The predicted octanol–water partition coefficient (Wildman–Crippen LogP) is 4.11. The van der Waals surface area contributed by atoms with Crippen LogP contribution in [0.1, 0.15) is 0 Å². The maximum Gasteiger partial charge on any atom is 0.190 e. The van der Waals surface area contributed by atoms with Crippen molar-refractivity contribution in [1.29, 1.82) is 0 Å². The Morgan fingerprint density at radius 1 is 1.14 bits per heavy atom. The van der Waals surface area contributed by atoms with Crippen LogP contribution in [0, 0.1) is 0 Å². The first-order valence-electron chi connectivity index (χ1n) is 6.32. The van der Waals surface area contributed by atoms with E-state index in [4.69, 9.17) is 17.0 Å². The number of anilines is 2. The minimum absolute atomic E-state index is 0.521. The molecule has 106 valence electrons. The third-order valence-electron chi connectivity index (χ3n) is 2.85. The first-order valence-corrected chi connectivity index (χ1v) is 7.55. The molecule has 0 fully saturated rings. The minimum atomic E-state index is 0.521. The topological polar surface area (TPSA) is 46.2 Å². The third kappa shape index (κ3) is 3.29. The van der Waals surface area contributed by atoms with E-state index in [-0.39, 0.29) is 0 Å². The lowest BCUT2D eigenvalue weighted by Crippen LogP contribution is -2.18. The van der Waals surface area contributed by atoms with Gasteiger partial charge in [-0.3, -0.25) is 0 Å². The molecule has 21 heavy (non-hydrogen) atoms. The highest BCUT2D eigenvalue weighted by Crippen LogP contribution is 2.29. The van der Waals surface area contributed by atoms with Crippen molar-refractivity contribution in [2.75, 3.05) is 17.7 Å². The number of thiocarbonyl (C=S) groups is 1. The van der Waals surface area contributed by atoms with Crippen molar-refractivity contribution in [2.24, 2.45) is 0 Å². The quantitative estimate of drug-likeness (QED) is 0.712. The number of hydrogen-bond acceptors (Lipinski definition) is 4. The summed E-state index contributed by atoms with van der Waals surface area (Å²) in [6.45, 7) is 0. The van der Waals surface area contributed by atoms with Gasteiger partial charge in [-0.25, -0.2) is 4.98 Å². The highest BCUT2D eigenvalue weighted by molar-refractivity contribution is 7.80. The summed E-state index contributed by atoms with van der Waals surface area (Å²) in [5.74, 6) is 0.822. The van der Waals surface area contributed by atoms with Crippen LogP contribution in [-0.2, 0) is 0 Å². The number of rotatable bonds is 3. The fraction of sp³-hybridized carbons (Fsp3) is 0.0667. The number of hydrogen-bond donors (Lipinski definition) is 2. The van der Waals surface area contributed by atoms with E-state index in [2.05, 4.69) is 15.6 Å². The maximum atomic E-state index is 5.29. The maximum absolute atomic E-state index is 5.29. The number of benzene rings is 2. The summed E-state index contributed by atoms with van der Waals surface area (Å²) in [7, 11) is 1.65. The van der Waals surface area contributed by atoms with E-state index in [1.165, 1.54) is 11.3 Å². The van der Waals surface area contributed by atoms with E-state index in [9.17, 15) is 0 Å². The Kier molecular flexibility index (Phi) is 3.98. The SMILES string of the molecule is COc1ccc2nc(NC(=S)Nc3ccccc3)sc2c1. The molecule has 3 rings (SSSR count). The van der Waals surface area contributed by atoms with Crippen LogP contribution in [0.5, 0.6) is 5.75 Å². The van der Waals surface area contributed by atoms with Crippen LogP contribution in [0.2, 0.25) is 0 Å². The highest BCUT2D eigenvalue weighted by atomic mass is 32.1. The molecule has 0 radical (unpaired) electrons. The Morgan fingerprint density at radius 3 is 2.71 bits per heavy atom. The second-order valence-corrected chi connectivity index (χ2v) is 5.74. The number of ether oxygens (including phenoxy) is 1. The lowest BCUT2D eigenvalue weighted by molar-refractivity contribution is 0.415. The molecular weight excluding hydrogens is 302 g/mol. The molecule has 1 heterocycles. The van der Waals surface area contributed by atoms with E-state index in [0.717, 1.165) is 26.8 Å². The van der Waals surface area contributed by atoms with Gasteiger partial charge in [0.2, 0.25) is 0 Å². The Morgan fingerprint density at radius 2 is 1.95 bits per heavy atom. The monoisotopic (exact) mass is 315 g/mol. The van der Waals surface area contributed by atoms with Crippen LogP contribution >= 0.6 is 23.6 Å². The summed E-state index contributed by atoms with van der Waals surface area (Å²) >= 11 is 6.83. The zero-order chi connectivity index (χ0) is 14.7. The first-order chi connectivity index (χ1) is 10.2. The number of nitrogens with zero attached hydrogens (tertiary/aromatic N) is 1. The average molecular weight is 315 g/mol. The molecule has 0 bridgehead atoms. The number of aromatic nitrogens is 1. The lowest BCUT2D eigenvalue weighted by Gasteiger charge is -2.07. The zero-order valence-corrected chi connectivity index (χ0v) is 12.9. The van der Waals surface area contributed by atoms with Crippen LogP contribution in [0.3, 0.4) is 0 Å². The molecule has 6 heteroatoms. The van der Waals surface area contributed by atoms with Crippen LogP contribution in [0.25, 0.3) is 10.2 Å². The molecule has 0 saturated carbocycles. The summed E-state index contributed by atoms with van der Waals surface area (Å²) in [6, 6.07) is 15.6. The van der Waals surface area contributed by atoms with E-state index in [0.29, 0.717) is 5.11 Å². The minimum Gasteiger partial charge on any atom is -0.497 e. The number of fused-ring (bicyclic) bond motifs is 1. The van der Waals surface area contributed by atoms with Crippen LogP contribution in [0.4, 0.5) is 10.8 Å². The van der Waals surface area contributed by atoms with Gasteiger partial charge >= 0.3 is 0 Å². The van der Waals surface area contributed by atoms with Crippen LogP contribution < -0.4 is 15.4 Å². The number of nitrogens with one attached hydrogen (secondary N) is 2. The van der Waals surface area contributed by atoms with E-state index < -0.39 is 0 Å². The lowest BCUT2D eigenvalue weighted by atomic mass is 10.3. The molecule has 0 atom stereocenters. The highest BCUT2D eigenvalue weighted by Gasteiger charge is 2.06. The molecule has 0 saturated heterocycles. The van der Waals surface area contributed by atoms with Gasteiger partial charge in [0, 0.05) is 5.69 Å². The smallest absolute Gasteiger partial charge is 0.190 e. The standard InChI is InChI=1S/C15H13N3OS2/c1-19-11-7-8-12-13(9-11)21-15(17-12)18-14(20)16-10-5-3-2-4-6-10/h2-9H,1H3,(H2,16,17,18,20). The summed E-state index contributed by atoms with van der Waals surface area (Å²) in [5, 5.41) is 7.50. The van der Waals surface area contributed by atoms with Crippen molar-refractivity contribution >= 4 is 49.7 Å². The van der Waals surface area contributed by atoms with Gasteiger partial charge < -0.3 is 15.4 Å². The summed E-state index contributed by atoms with van der Waals surface area (Å²) < 4.78 is 6.27. The molecule has 0 aliphatic heterocycles. The summed E-state index contributed by atoms with van der Waals surface area (Å²) in [5.41, 5.74) is 1.86. The molecule has 2 aromatic carbocycles. The van der Waals surface area contributed by atoms with Gasteiger partial charge in [-0.05, 0) is 42.5 Å². The van der Waals surface area contributed by atoms with Gasteiger partial charge in [0.1, 0.15) is 5.75 Å². The van der Waals surface area contributed by atoms with E-state index in [1.807, 2.05) is 48.5 Å². The molecular formula is C15H13N3OS2. The fourth-order valence-corrected chi connectivity index (χ4v) is 3.04. The van der Waals surface area contributed by atoms with Gasteiger partial charge in [-0.15, -0.1) is 0 Å². The normalized spacial score (nSPS) is 10.3. The third-order valence-corrected chi connectivity index (χ3v) is 3.99. The number of thiazole rings is 1. The van der Waals surface area contributed by atoms with Gasteiger partial charge in [0.15, 0.2) is 10.2 Å². The van der Waals surface area contributed by atoms with Crippen molar-refractivity contribution in [3.8, 4) is 5.75 Å². The molecule has 0 aliphatic carbocycles. The second kappa shape index (κ2) is 6.07. The Balaban J connectivity index is 1.74. The van der Waals surface area contributed by atoms with Gasteiger partial charge in [-0.1, -0.05) is 29.5 Å². The van der Waals surface area contributed by atoms with Gasteiger partial charge in [-0.2, -0.15) is 0 Å². The van der Waals surface area contributed by atoms with Crippen LogP contribution in [0.15, 0.2) is 48.5 Å². The zero-order valence-electron chi connectivity index (χ0n) is 11.3. The van der Waals surface area contributed by atoms with Gasteiger partial charge in [0.05, 0.1) is 17.3 Å². The number of para-hydroxylation sites is 1. The average Bonchev–Trinajstić information content (AvgIpc) is 2.89. The molecule has 4 nitrogen and oxygen atoms in total. The Labute approximate surface area is 131 Å². The molecule has 0 aliphatic rings. The van der Waals surface area contributed by atoms with Crippen molar-refractivity contribution in [1.82, 2.24) is 4.98 Å². The van der Waals surface area contributed by atoms with Crippen LogP contribution in [-0.4, -0.2) is 17.2 Å². The molecule has 1 aromatic heterocycles. The molecule has 2 N–H and O–H groups in total. The Hall–Kier alpha value is -2.18. The predicted molar refractivity (Wildman–Crippen MR) is 92.5 cm³/mol.